The molecule has 0 unspecified atom stereocenters. The van der Waals surface area contributed by atoms with Crippen LogP contribution < -0.4 is 9.47 Å². The van der Waals surface area contributed by atoms with Crippen molar-refractivity contribution in [3.8, 4) is 11.5 Å². The van der Waals surface area contributed by atoms with Crippen LogP contribution in [0.1, 0.15) is 27.1 Å². The van der Waals surface area contributed by atoms with E-state index in [9.17, 15) is 9.59 Å². The predicted octanol–water partition coefficient (Wildman–Crippen LogP) is 4.19. The Balaban J connectivity index is 1.67. The van der Waals surface area contributed by atoms with Crippen molar-refractivity contribution in [3.63, 3.8) is 0 Å². The molecule has 0 bridgehead atoms. The Morgan fingerprint density at radius 2 is 1.76 bits per heavy atom. The molecule has 2 aromatic carbocycles. The zero-order chi connectivity index (χ0) is 17.8. The quantitative estimate of drug-likeness (QED) is 0.587. The molecule has 0 atom stereocenters. The third-order valence-electron chi connectivity index (χ3n) is 3.55. The van der Waals surface area contributed by atoms with E-state index < -0.39 is 12.6 Å². The van der Waals surface area contributed by atoms with Crippen molar-refractivity contribution in [2.24, 2.45) is 0 Å². The summed E-state index contributed by atoms with van der Waals surface area (Å²) in [5.41, 5.74) is 0.481. The van der Waals surface area contributed by atoms with Crippen molar-refractivity contribution < 1.29 is 23.8 Å². The standard InChI is InChI=1S/C18H14Cl2O5/c19-12-3-4-14(20)13(9-12)18(22)25-10-15(21)11-2-5-16-17(8-11)24-7-1-6-23-16/h2-5,8-9H,1,6-7,10H2. The number of benzene rings is 2. The summed E-state index contributed by atoms with van der Waals surface area (Å²) in [6.45, 7) is 0.673. The molecule has 25 heavy (non-hydrogen) atoms. The maximum Gasteiger partial charge on any atom is 0.340 e. The Bertz CT molecular complexity index is 819. The molecule has 0 radical (unpaired) electrons. The van der Waals surface area contributed by atoms with Gasteiger partial charge in [-0.25, -0.2) is 4.79 Å². The molecule has 1 aliphatic heterocycles. The van der Waals surface area contributed by atoms with E-state index in [0.717, 1.165) is 6.42 Å². The molecule has 0 aliphatic carbocycles. The second kappa shape index (κ2) is 7.76. The first-order chi connectivity index (χ1) is 12.0. The molecule has 0 saturated heterocycles. The summed E-state index contributed by atoms with van der Waals surface area (Å²) in [6, 6.07) is 9.31. The number of halogens is 2. The van der Waals surface area contributed by atoms with Crippen LogP contribution in [-0.4, -0.2) is 31.6 Å². The lowest BCUT2D eigenvalue weighted by Crippen LogP contribution is -2.14. The van der Waals surface area contributed by atoms with Crippen LogP contribution >= 0.6 is 23.2 Å². The van der Waals surface area contributed by atoms with E-state index >= 15 is 0 Å². The van der Waals surface area contributed by atoms with E-state index in [-0.39, 0.29) is 16.4 Å². The molecular weight excluding hydrogens is 367 g/mol. The smallest absolute Gasteiger partial charge is 0.340 e. The fourth-order valence-corrected chi connectivity index (χ4v) is 2.65. The Kier molecular flexibility index (Phi) is 5.46. The monoisotopic (exact) mass is 380 g/mol. The van der Waals surface area contributed by atoms with E-state index in [1.807, 2.05) is 0 Å². The van der Waals surface area contributed by atoms with E-state index in [2.05, 4.69) is 0 Å². The number of hydrogen-bond acceptors (Lipinski definition) is 5. The molecule has 1 heterocycles. The number of fused-ring (bicyclic) bond motifs is 1. The van der Waals surface area contributed by atoms with Gasteiger partial charge in [-0.2, -0.15) is 0 Å². The fraction of sp³-hybridized carbons (Fsp3) is 0.222. The van der Waals surface area contributed by atoms with Gasteiger partial charge in [-0.15, -0.1) is 0 Å². The van der Waals surface area contributed by atoms with Crippen molar-refractivity contribution >= 4 is 35.0 Å². The second-order valence-corrected chi connectivity index (χ2v) is 6.18. The summed E-state index contributed by atoms with van der Waals surface area (Å²) in [7, 11) is 0. The van der Waals surface area contributed by atoms with Crippen LogP contribution in [0.25, 0.3) is 0 Å². The highest BCUT2D eigenvalue weighted by atomic mass is 35.5. The first-order valence-electron chi connectivity index (χ1n) is 7.59. The lowest BCUT2D eigenvalue weighted by molar-refractivity contribution is 0.0475. The zero-order valence-corrected chi connectivity index (χ0v) is 14.6. The minimum Gasteiger partial charge on any atom is -0.490 e. The number of hydrogen-bond donors (Lipinski definition) is 0. The molecule has 2 aromatic rings. The lowest BCUT2D eigenvalue weighted by Gasteiger charge is -2.09. The molecule has 0 spiro atoms. The van der Waals surface area contributed by atoms with Crippen LogP contribution in [0.2, 0.25) is 10.0 Å². The summed E-state index contributed by atoms with van der Waals surface area (Å²) in [6.07, 6.45) is 0.774. The van der Waals surface area contributed by atoms with Gasteiger partial charge in [0.2, 0.25) is 0 Å². The van der Waals surface area contributed by atoms with Crippen molar-refractivity contribution in [1.82, 2.24) is 0 Å². The van der Waals surface area contributed by atoms with Gasteiger partial charge in [-0.1, -0.05) is 23.2 Å². The molecule has 0 amide bonds. The van der Waals surface area contributed by atoms with E-state index in [1.165, 1.54) is 12.1 Å². The Morgan fingerprint density at radius 1 is 1.00 bits per heavy atom. The van der Waals surface area contributed by atoms with Crippen molar-refractivity contribution in [2.45, 2.75) is 6.42 Å². The molecule has 0 fully saturated rings. The van der Waals surface area contributed by atoms with Gasteiger partial charge in [0.25, 0.3) is 0 Å². The van der Waals surface area contributed by atoms with Gasteiger partial charge >= 0.3 is 5.97 Å². The molecule has 5 nitrogen and oxygen atoms in total. The highest BCUT2D eigenvalue weighted by Gasteiger charge is 2.17. The fourth-order valence-electron chi connectivity index (χ4n) is 2.28. The van der Waals surface area contributed by atoms with E-state index in [4.69, 9.17) is 37.4 Å². The number of ketones is 1. The van der Waals surface area contributed by atoms with Crippen molar-refractivity contribution in [2.75, 3.05) is 19.8 Å². The van der Waals surface area contributed by atoms with Gasteiger partial charge in [0, 0.05) is 17.0 Å². The van der Waals surface area contributed by atoms with Gasteiger partial charge < -0.3 is 14.2 Å². The molecule has 3 rings (SSSR count). The number of ether oxygens (including phenoxy) is 3. The van der Waals surface area contributed by atoms with Crippen LogP contribution in [0.4, 0.5) is 0 Å². The molecule has 0 saturated carbocycles. The summed E-state index contributed by atoms with van der Waals surface area (Å²) in [5, 5.41) is 0.558. The van der Waals surface area contributed by atoms with Crippen LogP contribution in [0, 0.1) is 0 Å². The maximum atomic E-state index is 12.3. The number of carbonyl (C=O) groups excluding carboxylic acids is 2. The van der Waals surface area contributed by atoms with Crippen LogP contribution in [0.3, 0.4) is 0 Å². The largest absolute Gasteiger partial charge is 0.490 e. The molecule has 0 N–H and O–H groups in total. The van der Waals surface area contributed by atoms with Gasteiger partial charge in [0.1, 0.15) is 0 Å². The van der Waals surface area contributed by atoms with Crippen LogP contribution in [0.5, 0.6) is 11.5 Å². The normalized spacial score (nSPS) is 13.0. The molecular formula is C18H14Cl2O5. The Morgan fingerprint density at radius 3 is 2.56 bits per heavy atom. The second-order valence-electron chi connectivity index (χ2n) is 5.34. The SMILES string of the molecule is O=C(COC(=O)c1cc(Cl)ccc1Cl)c1ccc2c(c1)OCCCO2. The van der Waals surface area contributed by atoms with Gasteiger partial charge in [0.05, 0.1) is 23.8 Å². The van der Waals surface area contributed by atoms with Crippen LogP contribution in [0.15, 0.2) is 36.4 Å². The Labute approximate surface area is 154 Å². The van der Waals surface area contributed by atoms with E-state index in [0.29, 0.717) is 35.3 Å². The average molecular weight is 381 g/mol. The van der Waals surface area contributed by atoms with Gasteiger partial charge in [-0.3, -0.25) is 4.79 Å². The van der Waals surface area contributed by atoms with Gasteiger partial charge in [-0.05, 0) is 36.4 Å². The minimum absolute atomic E-state index is 0.112. The summed E-state index contributed by atoms with van der Waals surface area (Å²) in [4.78, 5) is 24.3. The highest BCUT2D eigenvalue weighted by molar-refractivity contribution is 6.35. The van der Waals surface area contributed by atoms with Crippen molar-refractivity contribution in [3.05, 3.63) is 57.6 Å². The summed E-state index contributed by atoms with van der Waals surface area (Å²) < 4.78 is 16.1. The average Bonchev–Trinajstić information content (AvgIpc) is 2.86. The lowest BCUT2D eigenvalue weighted by atomic mass is 10.1. The molecule has 0 aromatic heterocycles. The third-order valence-corrected chi connectivity index (χ3v) is 4.12. The minimum atomic E-state index is -0.713. The number of rotatable bonds is 4. The topological polar surface area (TPSA) is 61.8 Å². The highest BCUT2D eigenvalue weighted by Crippen LogP contribution is 2.30. The number of carbonyl (C=O) groups is 2. The Hall–Kier alpha value is -2.24. The van der Waals surface area contributed by atoms with Crippen LogP contribution in [-0.2, 0) is 4.74 Å². The zero-order valence-electron chi connectivity index (χ0n) is 13.1. The van der Waals surface area contributed by atoms with E-state index in [1.54, 1.807) is 24.3 Å². The maximum absolute atomic E-state index is 12.3. The third kappa shape index (κ3) is 4.24. The molecule has 1 aliphatic rings. The van der Waals surface area contributed by atoms with Gasteiger partial charge in [0.15, 0.2) is 23.9 Å². The first-order valence-corrected chi connectivity index (χ1v) is 8.35. The summed E-state index contributed by atoms with van der Waals surface area (Å²) in [5.74, 6) is 0.0293. The number of Topliss-reactive ketones (excluding diaryl/α,β-unsaturated/α-hetero) is 1. The predicted molar refractivity (Wildman–Crippen MR) is 93.1 cm³/mol. The number of esters is 1. The first kappa shape index (κ1) is 17.6. The summed E-state index contributed by atoms with van der Waals surface area (Å²) >= 11 is 11.8. The van der Waals surface area contributed by atoms with Crippen molar-refractivity contribution in [1.29, 1.82) is 0 Å². The molecule has 130 valence electrons. The molecule has 7 heteroatoms.